The van der Waals surface area contributed by atoms with Crippen LogP contribution in [0.5, 0.6) is 0 Å². The van der Waals surface area contributed by atoms with Crippen molar-refractivity contribution in [3.63, 3.8) is 0 Å². The van der Waals surface area contributed by atoms with E-state index in [1.807, 2.05) is 6.07 Å². The first-order valence-corrected chi connectivity index (χ1v) is 7.68. The Morgan fingerprint density at radius 1 is 1.29 bits per heavy atom. The average Bonchev–Trinajstić information content (AvgIpc) is 2.86. The molecule has 2 rings (SSSR count). The zero-order valence-electron chi connectivity index (χ0n) is 10.6. The van der Waals surface area contributed by atoms with Gasteiger partial charge >= 0.3 is 0 Å². The number of hydrogen-bond acceptors (Lipinski definition) is 1. The van der Waals surface area contributed by atoms with Gasteiger partial charge in [0, 0.05) is 9.34 Å². The summed E-state index contributed by atoms with van der Waals surface area (Å²) in [5.41, 5.74) is 1.56. The third-order valence-corrected chi connectivity index (χ3v) is 6.95. The Bertz CT molecular complexity index is 378. The van der Waals surface area contributed by atoms with Crippen molar-refractivity contribution in [3.05, 3.63) is 35.9 Å². The Balaban J connectivity index is 2.29. The quantitative estimate of drug-likeness (QED) is 0.634. The lowest BCUT2D eigenvalue weighted by Gasteiger charge is -2.20. The third-order valence-electron chi connectivity index (χ3n) is 4.52. The van der Waals surface area contributed by atoms with Crippen LogP contribution in [0.2, 0.25) is 0 Å². The molecule has 1 saturated carbocycles. The van der Waals surface area contributed by atoms with E-state index in [9.17, 15) is 5.11 Å². The van der Waals surface area contributed by atoms with Crippen LogP contribution in [0.15, 0.2) is 30.3 Å². The SMILES string of the molecule is CCCCC1(C)C(I)C1(CO)c1ccccc1. The van der Waals surface area contributed by atoms with Gasteiger partial charge in [-0.3, -0.25) is 0 Å². The van der Waals surface area contributed by atoms with Crippen LogP contribution in [0.25, 0.3) is 0 Å². The fourth-order valence-corrected chi connectivity index (χ4v) is 5.11. The summed E-state index contributed by atoms with van der Waals surface area (Å²) in [4.78, 5) is 0. The van der Waals surface area contributed by atoms with Gasteiger partial charge in [0.2, 0.25) is 0 Å². The molecular weight excluding hydrogens is 323 g/mol. The predicted octanol–water partition coefficient (Wildman–Crippen LogP) is 3.93. The highest BCUT2D eigenvalue weighted by molar-refractivity contribution is 14.1. The van der Waals surface area contributed by atoms with Gasteiger partial charge in [0.25, 0.3) is 0 Å². The van der Waals surface area contributed by atoms with Crippen LogP contribution in [-0.4, -0.2) is 15.6 Å². The minimum Gasteiger partial charge on any atom is -0.395 e. The highest BCUT2D eigenvalue weighted by Crippen LogP contribution is 2.70. The first-order valence-electron chi connectivity index (χ1n) is 6.44. The topological polar surface area (TPSA) is 20.2 Å². The van der Waals surface area contributed by atoms with Crippen LogP contribution in [0, 0.1) is 5.41 Å². The van der Waals surface area contributed by atoms with E-state index in [0.717, 1.165) is 0 Å². The molecule has 94 valence electrons. The Morgan fingerprint density at radius 2 is 1.94 bits per heavy atom. The Hall–Kier alpha value is -0.0900. The van der Waals surface area contributed by atoms with Gasteiger partial charge in [0.1, 0.15) is 0 Å². The van der Waals surface area contributed by atoms with Crippen LogP contribution in [0.1, 0.15) is 38.7 Å². The number of benzene rings is 1. The molecule has 3 atom stereocenters. The second-order valence-electron chi connectivity index (χ2n) is 5.38. The van der Waals surface area contributed by atoms with Gasteiger partial charge in [-0.2, -0.15) is 0 Å². The molecule has 0 spiro atoms. The molecule has 2 heteroatoms. The zero-order valence-corrected chi connectivity index (χ0v) is 12.8. The fraction of sp³-hybridized carbons (Fsp3) is 0.600. The summed E-state index contributed by atoms with van der Waals surface area (Å²) in [7, 11) is 0. The van der Waals surface area contributed by atoms with Gasteiger partial charge in [0.15, 0.2) is 0 Å². The lowest BCUT2D eigenvalue weighted by Crippen LogP contribution is -2.21. The van der Waals surface area contributed by atoms with Crippen molar-refractivity contribution < 1.29 is 5.11 Å². The Labute approximate surface area is 118 Å². The highest BCUT2D eigenvalue weighted by atomic mass is 127. The van der Waals surface area contributed by atoms with Crippen LogP contribution >= 0.6 is 22.6 Å². The molecule has 0 saturated heterocycles. The van der Waals surface area contributed by atoms with Gasteiger partial charge in [-0.25, -0.2) is 0 Å². The van der Waals surface area contributed by atoms with Gasteiger partial charge in [-0.1, -0.05) is 79.6 Å². The molecule has 1 aromatic rings. The number of alkyl halides is 1. The van der Waals surface area contributed by atoms with E-state index in [4.69, 9.17) is 0 Å². The second-order valence-corrected chi connectivity index (χ2v) is 6.62. The summed E-state index contributed by atoms with van der Waals surface area (Å²) in [6.07, 6.45) is 3.70. The predicted molar refractivity (Wildman–Crippen MR) is 80.6 cm³/mol. The molecule has 1 nitrogen and oxygen atoms in total. The number of hydrogen-bond donors (Lipinski definition) is 1. The molecule has 0 amide bonds. The molecule has 1 N–H and O–H groups in total. The van der Waals surface area contributed by atoms with E-state index in [1.165, 1.54) is 24.8 Å². The molecule has 0 aromatic heterocycles. The summed E-state index contributed by atoms with van der Waals surface area (Å²) in [5, 5.41) is 9.91. The molecular formula is C15H21IO. The second kappa shape index (κ2) is 4.88. The van der Waals surface area contributed by atoms with Crippen molar-refractivity contribution in [2.24, 2.45) is 5.41 Å². The highest BCUT2D eigenvalue weighted by Gasteiger charge is 2.72. The minimum absolute atomic E-state index is 0.00993. The molecule has 0 aliphatic heterocycles. The summed E-state index contributed by atoms with van der Waals surface area (Å²) >= 11 is 2.53. The zero-order chi connectivity index (χ0) is 12.5. The molecule has 1 aliphatic rings. The number of aliphatic hydroxyl groups excluding tert-OH is 1. The first kappa shape index (κ1) is 13.3. The molecule has 1 aromatic carbocycles. The smallest absolute Gasteiger partial charge is 0.0543 e. The maximum Gasteiger partial charge on any atom is 0.0543 e. The molecule has 3 unspecified atom stereocenters. The summed E-state index contributed by atoms with van der Waals surface area (Å²) in [6.45, 7) is 4.84. The van der Waals surface area contributed by atoms with E-state index >= 15 is 0 Å². The van der Waals surface area contributed by atoms with Gasteiger partial charge in [0.05, 0.1) is 6.61 Å². The van der Waals surface area contributed by atoms with Gasteiger partial charge in [-0.15, -0.1) is 0 Å². The van der Waals surface area contributed by atoms with E-state index in [2.05, 4.69) is 60.7 Å². The van der Waals surface area contributed by atoms with Crippen LogP contribution in [0.4, 0.5) is 0 Å². The van der Waals surface area contributed by atoms with Crippen molar-refractivity contribution in [2.45, 2.75) is 42.4 Å². The van der Waals surface area contributed by atoms with Crippen molar-refractivity contribution >= 4 is 22.6 Å². The lowest BCUT2D eigenvalue weighted by atomic mass is 9.85. The maximum atomic E-state index is 9.91. The van der Waals surface area contributed by atoms with Crippen molar-refractivity contribution in [2.75, 3.05) is 6.61 Å². The van der Waals surface area contributed by atoms with E-state index < -0.39 is 0 Å². The number of rotatable bonds is 5. The molecule has 1 aliphatic carbocycles. The molecule has 17 heavy (non-hydrogen) atoms. The third kappa shape index (κ3) is 1.84. The molecule has 0 bridgehead atoms. The first-order chi connectivity index (χ1) is 8.13. The van der Waals surface area contributed by atoms with Gasteiger partial charge in [-0.05, 0) is 17.4 Å². The Kier molecular flexibility index (Phi) is 3.83. The van der Waals surface area contributed by atoms with E-state index in [1.54, 1.807) is 0 Å². The monoisotopic (exact) mass is 344 g/mol. The number of halogens is 1. The summed E-state index contributed by atoms with van der Waals surface area (Å²) in [5.74, 6) is 0. The average molecular weight is 344 g/mol. The fourth-order valence-electron chi connectivity index (χ4n) is 3.16. The van der Waals surface area contributed by atoms with Crippen LogP contribution in [0.3, 0.4) is 0 Å². The molecule has 0 radical (unpaired) electrons. The molecule has 1 fully saturated rings. The minimum atomic E-state index is -0.00993. The van der Waals surface area contributed by atoms with Crippen LogP contribution in [-0.2, 0) is 5.41 Å². The normalized spacial score (nSPS) is 35.9. The van der Waals surface area contributed by atoms with E-state index in [0.29, 0.717) is 3.92 Å². The lowest BCUT2D eigenvalue weighted by molar-refractivity contribution is 0.221. The van der Waals surface area contributed by atoms with Crippen molar-refractivity contribution in [1.82, 2.24) is 0 Å². The standard InChI is InChI=1S/C15H21IO/c1-3-4-10-14(2)13(16)15(14,11-17)12-8-6-5-7-9-12/h5-9,13,17H,3-4,10-11H2,1-2H3. The number of aliphatic hydroxyl groups is 1. The summed E-state index contributed by atoms with van der Waals surface area (Å²) in [6, 6.07) is 10.5. The van der Waals surface area contributed by atoms with Crippen molar-refractivity contribution in [1.29, 1.82) is 0 Å². The largest absolute Gasteiger partial charge is 0.395 e. The number of unbranched alkanes of at least 4 members (excludes halogenated alkanes) is 1. The van der Waals surface area contributed by atoms with Crippen LogP contribution < -0.4 is 0 Å². The maximum absolute atomic E-state index is 9.91. The van der Waals surface area contributed by atoms with Crippen molar-refractivity contribution in [3.8, 4) is 0 Å². The molecule has 0 heterocycles. The summed E-state index contributed by atoms with van der Waals surface area (Å²) < 4.78 is 0.548. The van der Waals surface area contributed by atoms with Gasteiger partial charge < -0.3 is 5.11 Å². The van der Waals surface area contributed by atoms with E-state index in [-0.39, 0.29) is 17.4 Å². The Morgan fingerprint density at radius 3 is 2.47 bits per heavy atom.